The minimum Gasteiger partial charge on any atom is -0.312 e. The molecular formula is C17H36N2. The predicted octanol–water partition coefficient (Wildman–Crippen LogP) is 4.06. The highest BCUT2D eigenvalue weighted by molar-refractivity contribution is 5.01. The Bertz CT molecular complexity index is 227. The molecule has 1 atom stereocenters. The summed E-state index contributed by atoms with van der Waals surface area (Å²) in [7, 11) is 4.59. The highest BCUT2D eigenvalue weighted by Gasteiger charge is 2.41. The van der Waals surface area contributed by atoms with Crippen LogP contribution in [0, 0.1) is 5.92 Å². The largest absolute Gasteiger partial charge is 0.312 e. The monoisotopic (exact) mass is 268 g/mol. The Kier molecular flexibility index (Phi) is 7.38. The van der Waals surface area contributed by atoms with Crippen LogP contribution in [0.15, 0.2) is 0 Å². The first kappa shape index (κ1) is 17.0. The molecule has 1 N–H and O–H groups in total. The molecule has 0 aromatic rings. The molecular weight excluding hydrogens is 232 g/mol. The van der Waals surface area contributed by atoms with Crippen molar-refractivity contribution >= 4 is 0 Å². The van der Waals surface area contributed by atoms with Crippen LogP contribution in [0.3, 0.4) is 0 Å². The van der Waals surface area contributed by atoms with Gasteiger partial charge in [0.05, 0.1) is 0 Å². The van der Waals surface area contributed by atoms with E-state index in [1.54, 1.807) is 0 Å². The average Bonchev–Trinajstić information content (AvgIpc) is 2.44. The van der Waals surface area contributed by atoms with Gasteiger partial charge >= 0.3 is 0 Å². The molecule has 1 fully saturated rings. The third-order valence-electron chi connectivity index (χ3n) is 5.43. The van der Waals surface area contributed by atoms with Crippen molar-refractivity contribution in [3.63, 3.8) is 0 Å². The van der Waals surface area contributed by atoms with Gasteiger partial charge < -0.3 is 10.2 Å². The molecule has 1 aliphatic rings. The molecule has 0 heterocycles. The fraction of sp³-hybridized carbons (Fsp3) is 1.00. The molecule has 0 amide bonds. The van der Waals surface area contributed by atoms with Crippen molar-refractivity contribution in [3.8, 4) is 0 Å². The first-order valence-electron chi connectivity index (χ1n) is 8.51. The van der Waals surface area contributed by atoms with Gasteiger partial charge in [0, 0.05) is 11.6 Å². The summed E-state index contributed by atoms with van der Waals surface area (Å²) in [6.07, 6.45) is 11.0. The quantitative estimate of drug-likeness (QED) is 0.714. The van der Waals surface area contributed by atoms with Crippen molar-refractivity contribution in [1.29, 1.82) is 0 Å². The van der Waals surface area contributed by atoms with Crippen molar-refractivity contribution in [2.24, 2.45) is 5.92 Å². The van der Waals surface area contributed by atoms with Gasteiger partial charge in [0.15, 0.2) is 0 Å². The highest BCUT2D eigenvalue weighted by atomic mass is 15.2. The Hall–Kier alpha value is -0.0800. The zero-order chi connectivity index (χ0) is 14.3. The lowest BCUT2D eigenvalue weighted by molar-refractivity contribution is 0.0467. The van der Waals surface area contributed by atoms with Crippen LogP contribution in [0.1, 0.15) is 72.1 Å². The predicted molar refractivity (Wildman–Crippen MR) is 85.7 cm³/mol. The molecule has 0 saturated heterocycles. The second-order valence-electron chi connectivity index (χ2n) is 6.59. The van der Waals surface area contributed by atoms with E-state index in [2.05, 4.69) is 45.1 Å². The second kappa shape index (κ2) is 8.26. The lowest BCUT2D eigenvalue weighted by atomic mass is 9.72. The van der Waals surface area contributed by atoms with E-state index in [1.807, 2.05) is 0 Å². The van der Waals surface area contributed by atoms with E-state index < -0.39 is 0 Å². The summed E-state index contributed by atoms with van der Waals surface area (Å²) >= 11 is 0. The van der Waals surface area contributed by atoms with Crippen LogP contribution in [0.4, 0.5) is 0 Å². The summed E-state index contributed by atoms with van der Waals surface area (Å²) in [5.74, 6) is 0.878. The van der Waals surface area contributed by atoms with Gasteiger partial charge in [-0.25, -0.2) is 0 Å². The number of hydrogen-bond acceptors (Lipinski definition) is 2. The zero-order valence-corrected chi connectivity index (χ0v) is 14.0. The minimum atomic E-state index is 0.400. The summed E-state index contributed by atoms with van der Waals surface area (Å²) in [5.41, 5.74) is 0.400. The van der Waals surface area contributed by atoms with E-state index >= 15 is 0 Å². The van der Waals surface area contributed by atoms with E-state index in [9.17, 15) is 0 Å². The molecule has 2 heteroatoms. The van der Waals surface area contributed by atoms with E-state index in [-0.39, 0.29) is 0 Å². The van der Waals surface area contributed by atoms with E-state index in [1.165, 1.54) is 51.4 Å². The summed E-state index contributed by atoms with van der Waals surface area (Å²) < 4.78 is 0. The van der Waals surface area contributed by atoms with Crippen LogP contribution < -0.4 is 5.32 Å². The van der Waals surface area contributed by atoms with E-state index in [0.717, 1.165) is 12.5 Å². The number of nitrogens with zero attached hydrogens (tertiary/aromatic N) is 1. The van der Waals surface area contributed by atoms with E-state index in [4.69, 9.17) is 0 Å². The number of nitrogens with one attached hydrogen (secondary N) is 1. The summed E-state index contributed by atoms with van der Waals surface area (Å²) in [4.78, 5) is 2.53. The molecule has 0 aromatic heterocycles. The molecule has 0 aromatic carbocycles. The number of hydrogen-bond donors (Lipinski definition) is 1. The molecule has 114 valence electrons. The molecule has 1 rings (SSSR count). The lowest BCUT2D eigenvalue weighted by Crippen LogP contribution is -2.60. The summed E-state index contributed by atoms with van der Waals surface area (Å²) in [5, 5.41) is 3.83. The van der Waals surface area contributed by atoms with E-state index in [0.29, 0.717) is 11.6 Å². The first-order chi connectivity index (χ1) is 9.10. The van der Waals surface area contributed by atoms with Gasteiger partial charge in [-0.1, -0.05) is 52.9 Å². The standard InChI is InChI=1S/C17H36N2/c1-6-15(7-2)14-16(18-8-3)17(19(4)5)12-10-9-11-13-17/h15-16,18H,6-14H2,1-5H3. The van der Waals surface area contributed by atoms with Gasteiger partial charge in [0.25, 0.3) is 0 Å². The number of likely N-dealkylation sites (N-methyl/N-ethyl adjacent to an activating group) is 2. The fourth-order valence-corrected chi connectivity index (χ4v) is 3.97. The smallest absolute Gasteiger partial charge is 0.0356 e. The molecule has 1 unspecified atom stereocenters. The van der Waals surface area contributed by atoms with Gasteiger partial charge in [-0.3, -0.25) is 0 Å². The van der Waals surface area contributed by atoms with Crippen molar-refractivity contribution in [2.45, 2.75) is 83.7 Å². The first-order valence-corrected chi connectivity index (χ1v) is 8.51. The Morgan fingerprint density at radius 3 is 2.00 bits per heavy atom. The average molecular weight is 268 g/mol. The molecule has 19 heavy (non-hydrogen) atoms. The van der Waals surface area contributed by atoms with Crippen molar-refractivity contribution in [1.82, 2.24) is 10.2 Å². The molecule has 2 nitrogen and oxygen atoms in total. The van der Waals surface area contributed by atoms with Crippen LogP contribution in [-0.2, 0) is 0 Å². The van der Waals surface area contributed by atoms with Gasteiger partial charge in [-0.05, 0) is 45.8 Å². The summed E-state index contributed by atoms with van der Waals surface area (Å²) in [6.45, 7) is 8.05. The van der Waals surface area contributed by atoms with Crippen LogP contribution >= 0.6 is 0 Å². The molecule has 0 aliphatic heterocycles. The molecule has 0 bridgehead atoms. The van der Waals surface area contributed by atoms with Crippen LogP contribution in [-0.4, -0.2) is 37.1 Å². The lowest BCUT2D eigenvalue weighted by Gasteiger charge is -2.49. The molecule has 0 radical (unpaired) electrons. The highest BCUT2D eigenvalue weighted by Crippen LogP contribution is 2.37. The second-order valence-corrected chi connectivity index (χ2v) is 6.59. The SMILES string of the molecule is CCNC(CC(CC)CC)C1(N(C)C)CCCCC1. The maximum absolute atomic E-state index is 3.83. The van der Waals surface area contributed by atoms with Crippen molar-refractivity contribution < 1.29 is 0 Å². The van der Waals surface area contributed by atoms with Gasteiger partial charge in [0.1, 0.15) is 0 Å². The maximum Gasteiger partial charge on any atom is 0.0356 e. The van der Waals surface area contributed by atoms with Gasteiger partial charge in [0.2, 0.25) is 0 Å². The fourth-order valence-electron chi connectivity index (χ4n) is 3.97. The Labute approximate surface area is 121 Å². The molecule has 1 saturated carbocycles. The van der Waals surface area contributed by atoms with Gasteiger partial charge in [-0.2, -0.15) is 0 Å². The Balaban J connectivity index is 2.85. The number of rotatable bonds is 8. The maximum atomic E-state index is 3.83. The van der Waals surface area contributed by atoms with Crippen LogP contribution in [0.5, 0.6) is 0 Å². The van der Waals surface area contributed by atoms with Crippen molar-refractivity contribution in [3.05, 3.63) is 0 Å². The van der Waals surface area contributed by atoms with Crippen LogP contribution in [0.25, 0.3) is 0 Å². The Morgan fingerprint density at radius 1 is 1.00 bits per heavy atom. The Morgan fingerprint density at radius 2 is 1.58 bits per heavy atom. The topological polar surface area (TPSA) is 15.3 Å². The third kappa shape index (κ3) is 4.19. The zero-order valence-electron chi connectivity index (χ0n) is 14.0. The van der Waals surface area contributed by atoms with Crippen molar-refractivity contribution in [2.75, 3.05) is 20.6 Å². The normalized spacial score (nSPS) is 21.0. The van der Waals surface area contributed by atoms with Crippen LogP contribution in [0.2, 0.25) is 0 Å². The third-order valence-corrected chi connectivity index (χ3v) is 5.43. The van der Waals surface area contributed by atoms with Gasteiger partial charge in [-0.15, -0.1) is 0 Å². The minimum absolute atomic E-state index is 0.400. The molecule has 1 aliphatic carbocycles. The summed E-state index contributed by atoms with van der Waals surface area (Å²) in [6, 6.07) is 0.665. The molecule has 0 spiro atoms.